The van der Waals surface area contributed by atoms with Gasteiger partial charge in [-0.1, -0.05) is 5.57 Å². The molecule has 0 unspecified atom stereocenters. The van der Waals surface area contributed by atoms with Crippen LogP contribution in [0.2, 0.25) is 0 Å². The van der Waals surface area contributed by atoms with Crippen molar-refractivity contribution in [3.63, 3.8) is 0 Å². The van der Waals surface area contributed by atoms with Crippen LogP contribution in [0.1, 0.15) is 13.8 Å². The Bertz CT molecular complexity index is 297. The number of imidazole rings is 1. The molecule has 0 fully saturated rings. The second-order valence-corrected chi connectivity index (χ2v) is 2.83. The van der Waals surface area contributed by atoms with Crippen molar-refractivity contribution in [1.29, 1.82) is 0 Å². The molecule has 0 aliphatic carbocycles. The molecule has 4 heteroatoms. The Morgan fingerprint density at radius 3 is 2.92 bits per heavy atom. The monoisotopic (exact) mass is 180 g/mol. The molecule has 0 aliphatic heterocycles. The number of carbonyl (C=O) groups is 1. The molecular formula is C9H12N2O2. The van der Waals surface area contributed by atoms with Gasteiger partial charge in [-0.2, -0.15) is 0 Å². The zero-order valence-corrected chi connectivity index (χ0v) is 7.73. The highest BCUT2D eigenvalue weighted by Gasteiger charge is 2.01. The molecule has 0 N–H and O–H groups in total. The first kappa shape index (κ1) is 9.51. The maximum absolute atomic E-state index is 11.2. The molecule has 0 amide bonds. The summed E-state index contributed by atoms with van der Waals surface area (Å²) in [5.74, 6) is 0. The van der Waals surface area contributed by atoms with Gasteiger partial charge >= 0.3 is 6.09 Å². The minimum atomic E-state index is -0.407. The molecular weight excluding hydrogens is 168 g/mol. The molecule has 0 spiro atoms. The number of hydrogen-bond donors (Lipinski definition) is 0. The number of carbonyl (C=O) groups excluding carboxylic acids is 1. The highest BCUT2D eigenvalue weighted by atomic mass is 16.5. The molecule has 1 aromatic rings. The molecule has 0 aromatic carbocycles. The SMILES string of the molecule is CC(C)=CCOC(=O)n1ccnc1. The Balaban J connectivity index is 2.39. The number of aromatic nitrogens is 2. The van der Waals surface area contributed by atoms with Crippen LogP contribution < -0.4 is 0 Å². The summed E-state index contributed by atoms with van der Waals surface area (Å²) in [7, 11) is 0. The van der Waals surface area contributed by atoms with Crippen molar-refractivity contribution in [3.8, 4) is 0 Å². The van der Waals surface area contributed by atoms with Gasteiger partial charge in [0, 0.05) is 12.4 Å². The number of ether oxygens (including phenoxy) is 1. The van der Waals surface area contributed by atoms with Gasteiger partial charge in [0.15, 0.2) is 0 Å². The molecule has 0 radical (unpaired) electrons. The molecule has 0 saturated heterocycles. The van der Waals surface area contributed by atoms with Gasteiger partial charge in [0.1, 0.15) is 12.9 Å². The van der Waals surface area contributed by atoms with Crippen LogP contribution in [0, 0.1) is 0 Å². The molecule has 4 nitrogen and oxygen atoms in total. The van der Waals surface area contributed by atoms with E-state index in [1.165, 1.54) is 17.1 Å². The summed E-state index contributed by atoms with van der Waals surface area (Å²) in [5.41, 5.74) is 1.12. The Labute approximate surface area is 76.8 Å². The third-order valence-electron chi connectivity index (χ3n) is 1.41. The first-order chi connectivity index (χ1) is 6.20. The highest BCUT2D eigenvalue weighted by Crippen LogP contribution is 1.92. The number of nitrogens with zero attached hydrogens (tertiary/aromatic N) is 2. The lowest BCUT2D eigenvalue weighted by atomic mass is 10.3. The Morgan fingerprint density at radius 2 is 2.38 bits per heavy atom. The van der Waals surface area contributed by atoms with Crippen molar-refractivity contribution >= 4 is 6.09 Å². The standard InChI is InChI=1S/C9H12N2O2/c1-8(2)3-6-13-9(12)11-5-4-10-7-11/h3-5,7H,6H2,1-2H3. The van der Waals surface area contributed by atoms with Crippen molar-refractivity contribution in [1.82, 2.24) is 9.55 Å². The molecule has 1 rings (SSSR count). The van der Waals surface area contributed by atoms with Gasteiger partial charge < -0.3 is 4.74 Å². The lowest BCUT2D eigenvalue weighted by Gasteiger charge is -2.00. The topological polar surface area (TPSA) is 44.1 Å². The van der Waals surface area contributed by atoms with Gasteiger partial charge in [-0.3, -0.25) is 0 Å². The van der Waals surface area contributed by atoms with Crippen molar-refractivity contribution in [2.24, 2.45) is 0 Å². The molecule has 70 valence electrons. The lowest BCUT2D eigenvalue weighted by molar-refractivity contribution is 0.160. The third-order valence-corrected chi connectivity index (χ3v) is 1.41. The van der Waals surface area contributed by atoms with E-state index in [2.05, 4.69) is 4.98 Å². The normalized spacial score (nSPS) is 9.38. The van der Waals surface area contributed by atoms with E-state index < -0.39 is 6.09 Å². The number of hydrogen-bond acceptors (Lipinski definition) is 3. The second-order valence-electron chi connectivity index (χ2n) is 2.83. The molecule has 0 saturated carbocycles. The van der Waals surface area contributed by atoms with E-state index in [0.29, 0.717) is 6.61 Å². The van der Waals surface area contributed by atoms with Crippen molar-refractivity contribution < 1.29 is 9.53 Å². The fourth-order valence-corrected chi connectivity index (χ4v) is 0.721. The van der Waals surface area contributed by atoms with Gasteiger partial charge in [0.2, 0.25) is 0 Å². The highest BCUT2D eigenvalue weighted by molar-refractivity contribution is 5.70. The quantitative estimate of drug-likeness (QED) is 0.652. The molecule has 1 heterocycles. The number of allylic oxidation sites excluding steroid dienone is 1. The maximum Gasteiger partial charge on any atom is 0.419 e. The van der Waals surface area contributed by atoms with Crippen molar-refractivity contribution in [3.05, 3.63) is 30.4 Å². The van der Waals surface area contributed by atoms with Crippen LogP contribution in [0.4, 0.5) is 4.79 Å². The predicted octanol–water partition coefficient (Wildman–Crippen LogP) is 1.83. The summed E-state index contributed by atoms with van der Waals surface area (Å²) in [6.45, 7) is 4.20. The summed E-state index contributed by atoms with van der Waals surface area (Å²) in [5, 5.41) is 0. The second kappa shape index (κ2) is 4.45. The zero-order valence-electron chi connectivity index (χ0n) is 7.73. The molecule has 0 atom stereocenters. The van der Waals surface area contributed by atoms with E-state index in [1.807, 2.05) is 19.9 Å². The zero-order chi connectivity index (χ0) is 9.68. The van der Waals surface area contributed by atoms with E-state index in [4.69, 9.17) is 4.74 Å². The van der Waals surface area contributed by atoms with Gasteiger partial charge in [0.05, 0.1) is 0 Å². The molecule has 0 bridgehead atoms. The third kappa shape index (κ3) is 3.11. The molecule has 0 aliphatic rings. The maximum atomic E-state index is 11.2. The van der Waals surface area contributed by atoms with Crippen molar-refractivity contribution in [2.75, 3.05) is 6.61 Å². The van der Waals surface area contributed by atoms with E-state index >= 15 is 0 Å². The lowest BCUT2D eigenvalue weighted by Crippen LogP contribution is -2.11. The Hall–Kier alpha value is -1.58. The first-order valence-electron chi connectivity index (χ1n) is 3.98. The predicted molar refractivity (Wildman–Crippen MR) is 48.4 cm³/mol. The average molecular weight is 180 g/mol. The molecule has 1 aromatic heterocycles. The average Bonchev–Trinajstić information content (AvgIpc) is 2.55. The van der Waals surface area contributed by atoms with Crippen LogP contribution in [0.3, 0.4) is 0 Å². The summed E-state index contributed by atoms with van der Waals surface area (Å²) >= 11 is 0. The summed E-state index contributed by atoms with van der Waals surface area (Å²) in [6, 6.07) is 0. The van der Waals surface area contributed by atoms with Crippen LogP contribution in [0.5, 0.6) is 0 Å². The van der Waals surface area contributed by atoms with Crippen LogP contribution >= 0.6 is 0 Å². The van der Waals surface area contributed by atoms with E-state index in [-0.39, 0.29) is 0 Å². The summed E-state index contributed by atoms with van der Waals surface area (Å²) in [6.07, 6.45) is 5.92. The largest absolute Gasteiger partial charge is 0.445 e. The van der Waals surface area contributed by atoms with Gasteiger partial charge in [-0.15, -0.1) is 0 Å². The van der Waals surface area contributed by atoms with E-state index in [9.17, 15) is 4.79 Å². The number of rotatable bonds is 2. The summed E-state index contributed by atoms with van der Waals surface area (Å²) < 4.78 is 6.20. The van der Waals surface area contributed by atoms with Gasteiger partial charge in [-0.25, -0.2) is 14.3 Å². The smallest absolute Gasteiger partial charge is 0.419 e. The first-order valence-corrected chi connectivity index (χ1v) is 3.98. The van der Waals surface area contributed by atoms with Gasteiger partial charge in [-0.05, 0) is 19.9 Å². The fourth-order valence-electron chi connectivity index (χ4n) is 0.721. The molecule has 13 heavy (non-hydrogen) atoms. The van der Waals surface area contributed by atoms with Crippen LogP contribution in [0.25, 0.3) is 0 Å². The van der Waals surface area contributed by atoms with Crippen LogP contribution in [-0.2, 0) is 4.74 Å². The minimum absolute atomic E-state index is 0.305. The Kier molecular flexibility index (Phi) is 3.25. The van der Waals surface area contributed by atoms with Crippen LogP contribution in [-0.4, -0.2) is 22.3 Å². The fraction of sp³-hybridized carbons (Fsp3) is 0.333. The van der Waals surface area contributed by atoms with E-state index in [0.717, 1.165) is 5.57 Å². The summed E-state index contributed by atoms with van der Waals surface area (Å²) in [4.78, 5) is 14.9. The van der Waals surface area contributed by atoms with Crippen LogP contribution in [0.15, 0.2) is 30.4 Å². The van der Waals surface area contributed by atoms with Crippen molar-refractivity contribution in [2.45, 2.75) is 13.8 Å². The minimum Gasteiger partial charge on any atom is -0.445 e. The van der Waals surface area contributed by atoms with Gasteiger partial charge in [0.25, 0.3) is 0 Å². The Morgan fingerprint density at radius 1 is 1.62 bits per heavy atom. The van der Waals surface area contributed by atoms with E-state index in [1.54, 1.807) is 6.20 Å².